The average Bonchev–Trinajstić information content (AvgIpc) is 3.15. The van der Waals surface area contributed by atoms with Crippen LogP contribution in [0.2, 0.25) is 0 Å². The topological polar surface area (TPSA) is 91.1 Å². The predicted octanol–water partition coefficient (Wildman–Crippen LogP) is 5.47. The number of para-hydroxylation sites is 1. The van der Waals surface area contributed by atoms with E-state index in [1.54, 1.807) is 18.2 Å². The monoisotopic (exact) mass is 508 g/mol. The number of carbonyl (C=O) groups is 1. The summed E-state index contributed by atoms with van der Waals surface area (Å²) in [6, 6.07) is 20.5. The summed E-state index contributed by atoms with van der Waals surface area (Å²) in [6.45, 7) is 0.479. The summed E-state index contributed by atoms with van der Waals surface area (Å²) in [6.07, 6.45) is 1.77. The van der Waals surface area contributed by atoms with Crippen LogP contribution >= 0.6 is 24.0 Å². The van der Waals surface area contributed by atoms with E-state index in [0.29, 0.717) is 26.5 Å². The van der Waals surface area contributed by atoms with E-state index in [2.05, 4.69) is 0 Å². The Morgan fingerprint density at radius 2 is 1.71 bits per heavy atom. The molecule has 1 saturated heterocycles. The molecular formula is C25H20N2O6S2. The number of amides is 1. The number of hydrogen-bond acceptors (Lipinski definition) is 8. The fraction of sp³-hybridized carbons (Fsp3) is 0.120. The normalized spacial score (nSPS) is 14.3. The van der Waals surface area contributed by atoms with E-state index in [-0.39, 0.29) is 24.8 Å². The minimum Gasteiger partial charge on any atom is -0.493 e. The van der Waals surface area contributed by atoms with Crippen molar-refractivity contribution in [2.75, 3.05) is 25.2 Å². The zero-order valence-corrected chi connectivity index (χ0v) is 20.2. The number of rotatable bonds is 9. The molecule has 10 heteroatoms. The first kappa shape index (κ1) is 24.2. The number of non-ortho nitro benzene ring substituents is 1. The number of thioether (sulfide) groups is 1. The Balaban J connectivity index is 1.38. The van der Waals surface area contributed by atoms with Crippen LogP contribution in [0.5, 0.6) is 17.2 Å². The highest BCUT2D eigenvalue weighted by Crippen LogP contribution is 2.37. The summed E-state index contributed by atoms with van der Waals surface area (Å²) in [7, 11) is 1.54. The highest BCUT2D eigenvalue weighted by atomic mass is 32.2. The number of nitro groups is 1. The number of nitro benzene ring substituents is 1. The average molecular weight is 509 g/mol. The highest BCUT2D eigenvalue weighted by molar-refractivity contribution is 8.27. The minimum atomic E-state index is -0.465. The van der Waals surface area contributed by atoms with Gasteiger partial charge in [0.15, 0.2) is 15.8 Å². The van der Waals surface area contributed by atoms with Gasteiger partial charge in [0.05, 0.1) is 22.6 Å². The highest BCUT2D eigenvalue weighted by Gasteiger charge is 2.33. The molecule has 1 amide bonds. The van der Waals surface area contributed by atoms with Crippen LogP contribution in [0.25, 0.3) is 6.08 Å². The van der Waals surface area contributed by atoms with E-state index in [1.165, 1.54) is 48.0 Å². The smallest absolute Gasteiger partial charge is 0.270 e. The van der Waals surface area contributed by atoms with Crippen molar-refractivity contribution < 1.29 is 23.9 Å². The molecule has 0 saturated carbocycles. The van der Waals surface area contributed by atoms with Gasteiger partial charge in [0.25, 0.3) is 11.6 Å². The maximum Gasteiger partial charge on any atom is 0.270 e. The largest absolute Gasteiger partial charge is 0.493 e. The number of hydrogen-bond donors (Lipinski definition) is 0. The van der Waals surface area contributed by atoms with Crippen LogP contribution in [0.15, 0.2) is 77.7 Å². The van der Waals surface area contributed by atoms with E-state index in [4.69, 9.17) is 26.4 Å². The summed E-state index contributed by atoms with van der Waals surface area (Å²) < 4.78 is 17.3. The number of ether oxygens (including phenoxy) is 3. The first-order chi connectivity index (χ1) is 17.0. The number of benzene rings is 3. The molecule has 0 spiro atoms. The lowest BCUT2D eigenvalue weighted by molar-refractivity contribution is -0.384. The Morgan fingerprint density at radius 1 is 1.00 bits per heavy atom. The predicted molar refractivity (Wildman–Crippen MR) is 139 cm³/mol. The van der Waals surface area contributed by atoms with Gasteiger partial charge in [0.2, 0.25) is 0 Å². The van der Waals surface area contributed by atoms with Gasteiger partial charge in [-0.3, -0.25) is 19.8 Å². The lowest BCUT2D eigenvalue weighted by Gasteiger charge is -2.14. The third kappa shape index (κ3) is 5.79. The van der Waals surface area contributed by atoms with E-state index < -0.39 is 4.92 Å². The van der Waals surface area contributed by atoms with Gasteiger partial charge < -0.3 is 14.2 Å². The van der Waals surface area contributed by atoms with Crippen LogP contribution in [0.1, 0.15) is 5.56 Å². The number of nitrogens with zero attached hydrogens (tertiary/aromatic N) is 2. The fourth-order valence-corrected chi connectivity index (χ4v) is 4.59. The molecule has 1 fully saturated rings. The second-order valence-electron chi connectivity index (χ2n) is 7.21. The molecule has 3 aromatic carbocycles. The molecule has 0 radical (unpaired) electrons. The first-order valence-electron chi connectivity index (χ1n) is 10.5. The van der Waals surface area contributed by atoms with Crippen molar-refractivity contribution >= 4 is 51.7 Å². The standard InChI is InChI=1S/C25H20N2O6S2/c1-31-22-15-17(16-23-24(28)26(25(34)35-23)18-5-3-2-4-6-18)7-12-21(22)33-14-13-32-20-10-8-19(9-11-20)27(29)30/h2-12,15-16H,13-14H2,1H3/b23-16-. The molecule has 0 aliphatic carbocycles. The van der Waals surface area contributed by atoms with E-state index in [9.17, 15) is 14.9 Å². The van der Waals surface area contributed by atoms with Crippen molar-refractivity contribution in [1.82, 2.24) is 0 Å². The quantitative estimate of drug-likeness (QED) is 0.124. The van der Waals surface area contributed by atoms with Crippen LogP contribution < -0.4 is 19.1 Å². The molecule has 3 aromatic rings. The molecule has 0 atom stereocenters. The van der Waals surface area contributed by atoms with Crippen LogP contribution in [0, 0.1) is 10.1 Å². The molecule has 1 heterocycles. The van der Waals surface area contributed by atoms with E-state index in [1.807, 2.05) is 36.4 Å². The van der Waals surface area contributed by atoms with Crippen molar-refractivity contribution in [2.45, 2.75) is 0 Å². The molecule has 35 heavy (non-hydrogen) atoms. The first-order valence-corrected chi connectivity index (χ1v) is 11.7. The van der Waals surface area contributed by atoms with Crippen molar-refractivity contribution in [2.24, 2.45) is 0 Å². The maximum atomic E-state index is 12.9. The van der Waals surface area contributed by atoms with Crippen LogP contribution in [-0.2, 0) is 4.79 Å². The summed E-state index contributed by atoms with van der Waals surface area (Å²) in [5, 5.41) is 10.7. The molecule has 4 rings (SSSR count). The van der Waals surface area contributed by atoms with Gasteiger partial charge in [-0.2, -0.15) is 0 Å². The summed E-state index contributed by atoms with van der Waals surface area (Å²) in [5.74, 6) is 1.37. The number of anilines is 1. The molecule has 1 aliphatic rings. The Labute approximate surface area is 211 Å². The van der Waals surface area contributed by atoms with Gasteiger partial charge in [-0.25, -0.2) is 0 Å². The van der Waals surface area contributed by atoms with Crippen LogP contribution in [0.3, 0.4) is 0 Å². The van der Waals surface area contributed by atoms with Gasteiger partial charge in [0.1, 0.15) is 19.0 Å². The Kier molecular flexibility index (Phi) is 7.64. The molecule has 178 valence electrons. The molecule has 0 unspecified atom stereocenters. The van der Waals surface area contributed by atoms with E-state index >= 15 is 0 Å². The van der Waals surface area contributed by atoms with Crippen LogP contribution in [0.4, 0.5) is 11.4 Å². The lowest BCUT2D eigenvalue weighted by Crippen LogP contribution is -2.27. The molecular weight excluding hydrogens is 488 g/mol. The minimum absolute atomic E-state index is 0.000643. The van der Waals surface area contributed by atoms with Gasteiger partial charge in [-0.05, 0) is 48.0 Å². The molecule has 0 N–H and O–H groups in total. The number of methoxy groups -OCH3 is 1. The number of thiocarbonyl (C=S) groups is 1. The summed E-state index contributed by atoms with van der Waals surface area (Å²) >= 11 is 6.66. The van der Waals surface area contributed by atoms with Crippen molar-refractivity contribution in [1.29, 1.82) is 0 Å². The Hall–Kier alpha value is -3.89. The maximum absolute atomic E-state index is 12.9. The molecule has 1 aliphatic heterocycles. The molecule has 8 nitrogen and oxygen atoms in total. The van der Waals surface area contributed by atoms with Crippen molar-refractivity contribution in [3.63, 3.8) is 0 Å². The molecule has 0 bridgehead atoms. The Morgan fingerprint density at radius 3 is 2.40 bits per heavy atom. The fourth-order valence-electron chi connectivity index (χ4n) is 3.29. The van der Waals surface area contributed by atoms with Gasteiger partial charge >= 0.3 is 0 Å². The summed E-state index contributed by atoms with van der Waals surface area (Å²) in [4.78, 5) is 25.2. The third-order valence-corrected chi connectivity index (χ3v) is 6.25. The second-order valence-corrected chi connectivity index (χ2v) is 8.89. The van der Waals surface area contributed by atoms with E-state index in [0.717, 1.165) is 11.3 Å². The molecule has 0 aromatic heterocycles. The van der Waals surface area contributed by atoms with Gasteiger partial charge in [0, 0.05) is 12.1 Å². The Bertz CT molecular complexity index is 1280. The van der Waals surface area contributed by atoms with Gasteiger partial charge in [-0.1, -0.05) is 48.2 Å². The second kappa shape index (κ2) is 11.0. The SMILES string of the molecule is COc1cc(/C=C2\SC(=S)N(c3ccccc3)C2=O)ccc1OCCOc1ccc([N+](=O)[O-])cc1. The van der Waals surface area contributed by atoms with Crippen molar-refractivity contribution in [3.05, 3.63) is 93.4 Å². The number of carbonyl (C=O) groups excluding carboxylic acids is 1. The van der Waals surface area contributed by atoms with Gasteiger partial charge in [-0.15, -0.1) is 0 Å². The summed E-state index contributed by atoms with van der Waals surface area (Å²) in [5.41, 5.74) is 1.50. The zero-order chi connectivity index (χ0) is 24.8. The zero-order valence-electron chi connectivity index (χ0n) is 18.6. The lowest BCUT2D eigenvalue weighted by atomic mass is 10.2. The van der Waals surface area contributed by atoms with Crippen LogP contribution in [-0.4, -0.2) is 35.5 Å². The third-order valence-electron chi connectivity index (χ3n) is 4.95. The van der Waals surface area contributed by atoms with Crippen molar-refractivity contribution in [3.8, 4) is 17.2 Å².